The molecule has 1 heterocycles. The van der Waals surface area contributed by atoms with Crippen molar-refractivity contribution in [3.63, 3.8) is 0 Å². The van der Waals surface area contributed by atoms with Crippen molar-refractivity contribution >= 4 is 22.6 Å². The molecule has 1 N–H and O–H groups in total. The average molecular weight is 469 g/mol. The van der Waals surface area contributed by atoms with Crippen LogP contribution in [-0.2, 0) is 11.2 Å². The Balaban J connectivity index is 1.22. The fraction of sp³-hybridized carbons (Fsp3) is 0.345. The van der Waals surface area contributed by atoms with Crippen LogP contribution in [0.4, 0.5) is 5.69 Å². The molecule has 1 aliphatic carbocycles. The van der Waals surface area contributed by atoms with E-state index in [1.807, 2.05) is 43.3 Å². The number of carbonyl (C=O) groups excluding carboxylic acids is 1. The second-order valence-corrected chi connectivity index (χ2v) is 9.41. The van der Waals surface area contributed by atoms with Gasteiger partial charge in [-0.05, 0) is 85.2 Å². The molecular formula is C29H32N4O2. The molecule has 1 fully saturated rings. The monoisotopic (exact) mass is 468 g/mol. The highest BCUT2D eigenvalue weighted by atomic mass is 16.5. The highest BCUT2D eigenvalue weighted by Crippen LogP contribution is 2.33. The minimum atomic E-state index is -0.202. The molecule has 3 aromatic carbocycles. The molecule has 0 spiro atoms. The van der Waals surface area contributed by atoms with Gasteiger partial charge in [-0.1, -0.05) is 50.5 Å². The Kier molecular flexibility index (Phi) is 6.80. The SMILES string of the molecule is CCc1ccc(-n2nc3cc(C)c(NC(=O)COc4ccc(C5CCCCC5)cc4)cc3n2)cc1. The van der Waals surface area contributed by atoms with Crippen LogP contribution < -0.4 is 10.1 Å². The normalized spacial score (nSPS) is 14.2. The smallest absolute Gasteiger partial charge is 0.262 e. The van der Waals surface area contributed by atoms with Gasteiger partial charge in [-0.3, -0.25) is 4.79 Å². The summed E-state index contributed by atoms with van der Waals surface area (Å²) in [6, 6.07) is 20.2. The quantitative estimate of drug-likeness (QED) is 0.343. The van der Waals surface area contributed by atoms with Crippen LogP contribution >= 0.6 is 0 Å². The summed E-state index contributed by atoms with van der Waals surface area (Å²) in [5.41, 5.74) is 6.71. The summed E-state index contributed by atoms with van der Waals surface area (Å²) in [4.78, 5) is 14.2. The lowest BCUT2D eigenvalue weighted by Gasteiger charge is -2.22. The lowest BCUT2D eigenvalue weighted by molar-refractivity contribution is -0.118. The second kappa shape index (κ2) is 10.3. The maximum absolute atomic E-state index is 12.6. The molecule has 6 heteroatoms. The molecule has 1 aliphatic rings. The predicted octanol–water partition coefficient (Wildman–Crippen LogP) is 6.36. The van der Waals surface area contributed by atoms with Crippen LogP contribution in [-0.4, -0.2) is 27.5 Å². The van der Waals surface area contributed by atoms with E-state index >= 15 is 0 Å². The van der Waals surface area contributed by atoms with E-state index in [1.54, 1.807) is 4.80 Å². The van der Waals surface area contributed by atoms with Gasteiger partial charge in [0.15, 0.2) is 6.61 Å². The molecular weight excluding hydrogens is 436 g/mol. The number of aromatic nitrogens is 3. The van der Waals surface area contributed by atoms with E-state index in [0.717, 1.165) is 28.7 Å². The first kappa shape index (κ1) is 23.1. The fourth-order valence-corrected chi connectivity index (χ4v) is 4.79. The van der Waals surface area contributed by atoms with Crippen molar-refractivity contribution in [1.82, 2.24) is 15.0 Å². The Morgan fingerprint density at radius 2 is 1.66 bits per heavy atom. The number of carbonyl (C=O) groups is 1. The number of ether oxygens (including phenoxy) is 1. The lowest BCUT2D eigenvalue weighted by atomic mass is 9.84. The van der Waals surface area contributed by atoms with Crippen molar-refractivity contribution in [2.75, 3.05) is 11.9 Å². The lowest BCUT2D eigenvalue weighted by Crippen LogP contribution is -2.20. The molecule has 6 nitrogen and oxygen atoms in total. The van der Waals surface area contributed by atoms with Gasteiger partial charge in [-0.15, -0.1) is 10.2 Å². The van der Waals surface area contributed by atoms with E-state index in [-0.39, 0.29) is 12.5 Å². The fourth-order valence-electron chi connectivity index (χ4n) is 4.79. The Morgan fingerprint density at radius 1 is 0.971 bits per heavy atom. The third-order valence-corrected chi connectivity index (χ3v) is 6.90. The predicted molar refractivity (Wildman–Crippen MR) is 139 cm³/mol. The molecule has 35 heavy (non-hydrogen) atoms. The molecule has 1 aromatic heterocycles. The van der Waals surface area contributed by atoms with E-state index in [2.05, 4.69) is 46.7 Å². The van der Waals surface area contributed by atoms with Gasteiger partial charge in [0.1, 0.15) is 16.8 Å². The first-order valence-electron chi connectivity index (χ1n) is 12.6. The third kappa shape index (κ3) is 5.37. The van der Waals surface area contributed by atoms with Gasteiger partial charge in [0.2, 0.25) is 0 Å². The number of hydrogen-bond acceptors (Lipinski definition) is 4. The molecule has 0 radical (unpaired) electrons. The summed E-state index contributed by atoms with van der Waals surface area (Å²) in [5, 5.41) is 12.2. The molecule has 0 atom stereocenters. The molecule has 4 aromatic rings. The van der Waals surface area contributed by atoms with Crippen molar-refractivity contribution in [3.05, 3.63) is 77.4 Å². The zero-order chi connectivity index (χ0) is 24.2. The number of benzene rings is 3. The molecule has 0 bridgehead atoms. The standard InChI is InChI=1S/C29H32N4O2/c1-3-21-9-13-24(14-10-21)33-31-27-17-20(2)26(18-28(27)32-33)30-29(34)19-35-25-15-11-23(12-16-25)22-7-5-4-6-8-22/h9-18,22H,3-8,19H2,1-2H3,(H,30,34). The van der Waals surface area contributed by atoms with E-state index in [0.29, 0.717) is 17.4 Å². The molecule has 5 rings (SSSR count). The molecule has 0 aliphatic heterocycles. The van der Waals surface area contributed by atoms with E-state index in [4.69, 9.17) is 4.74 Å². The Bertz CT molecular complexity index is 1300. The minimum absolute atomic E-state index is 0.0449. The first-order chi connectivity index (χ1) is 17.1. The van der Waals surface area contributed by atoms with Crippen LogP contribution in [0.3, 0.4) is 0 Å². The van der Waals surface area contributed by atoms with Crippen LogP contribution in [0.1, 0.15) is 61.6 Å². The Labute approximate surface area is 206 Å². The maximum Gasteiger partial charge on any atom is 0.262 e. The van der Waals surface area contributed by atoms with Gasteiger partial charge < -0.3 is 10.1 Å². The summed E-state index contributed by atoms with van der Waals surface area (Å²) < 4.78 is 5.75. The zero-order valence-electron chi connectivity index (χ0n) is 20.5. The topological polar surface area (TPSA) is 69.0 Å². The van der Waals surface area contributed by atoms with Crippen molar-refractivity contribution in [2.24, 2.45) is 0 Å². The molecule has 0 saturated heterocycles. The van der Waals surface area contributed by atoms with Gasteiger partial charge in [0.05, 0.1) is 5.69 Å². The van der Waals surface area contributed by atoms with Crippen molar-refractivity contribution in [2.45, 2.75) is 58.3 Å². The average Bonchev–Trinajstić information content (AvgIpc) is 3.31. The number of amides is 1. The van der Waals surface area contributed by atoms with E-state index in [9.17, 15) is 4.79 Å². The van der Waals surface area contributed by atoms with E-state index < -0.39 is 0 Å². The van der Waals surface area contributed by atoms with Crippen molar-refractivity contribution < 1.29 is 9.53 Å². The largest absolute Gasteiger partial charge is 0.484 e. The highest BCUT2D eigenvalue weighted by molar-refractivity contribution is 5.95. The number of anilines is 1. The van der Waals surface area contributed by atoms with Gasteiger partial charge >= 0.3 is 0 Å². The Hall–Kier alpha value is -3.67. The Morgan fingerprint density at radius 3 is 2.34 bits per heavy atom. The summed E-state index contributed by atoms with van der Waals surface area (Å²) in [5.74, 6) is 1.17. The van der Waals surface area contributed by atoms with Gasteiger partial charge in [0, 0.05) is 5.69 Å². The van der Waals surface area contributed by atoms with Crippen LogP contribution in [0.5, 0.6) is 5.75 Å². The second-order valence-electron chi connectivity index (χ2n) is 9.41. The molecule has 1 amide bonds. The number of nitrogens with zero attached hydrogens (tertiary/aromatic N) is 3. The van der Waals surface area contributed by atoms with Crippen LogP contribution in [0.15, 0.2) is 60.7 Å². The first-order valence-corrected chi connectivity index (χ1v) is 12.6. The number of aryl methyl sites for hydroxylation is 2. The highest BCUT2D eigenvalue weighted by Gasteiger charge is 2.16. The van der Waals surface area contributed by atoms with Gasteiger partial charge in [0.25, 0.3) is 5.91 Å². The summed E-state index contributed by atoms with van der Waals surface area (Å²) in [6.45, 7) is 4.04. The van der Waals surface area contributed by atoms with Crippen molar-refractivity contribution in [3.8, 4) is 11.4 Å². The minimum Gasteiger partial charge on any atom is -0.484 e. The van der Waals surface area contributed by atoms with E-state index in [1.165, 1.54) is 43.2 Å². The molecule has 180 valence electrons. The third-order valence-electron chi connectivity index (χ3n) is 6.90. The maximum atomic E-state index is 12.6. The summed E-state index contributed by atoms with van der Waals surface area (Å²) >= 11 is 0. The number of rotatable bonds is 7. The van der Waals surface area contributed by atoms with Crippen molar-refractivity contribution in [1.29, 1.82) is 0 Å². The number of fused-ring (bicyclic) bond motifs is 1. The molecule has 1 saturated carbocycles. The van der Waals surface area contributed by atoms with Gasteiger partial charge in [-0.2, -0.15) is 4.80 Å². The number of hydrogen-bond donors (Lipinski definition) is 1. The number of nitrogens with one attached hydrogen (secondary N) is 1. The van der Waals surface area contributed by atoms with Crippen LogP contribution in [0.25, 0.3) is 16.7 Å². The van der Waals surface area contributed by atoms with Crippen LogP contribution in [0.2, 0.25) is 0 Å². The molecule has 0 unspecified atom stereocenters. The van der Waals surface area contributed by atoms with Crippen LogP contribution in [0, 0.1) is 6.92 Å². The zero-order valence-corrected chi connectivity index (χ0v) is 20.5. The summed E-state index contributed by atoms with van der Waals surface area (Å²) in [7, 11) is 0. The summed E-state index contributed by atoms with van der Waals surface area (Å²) in [6.07, 6.45) is 7.51. The van der Waals surface area contributed by atoms with Gasteiger partial charge in [-0.25, -0.2) is 0 Å².